The first-order chi connectivity index (χ1) is 4.79. The Kier molecular flexibility index (Phi) is 1.16. The lowest BCUT2D eigenvalue weighted by Gasteiger charge is -2.12. The van der Waals surface area contributed by atoms with Crippen molar-refractivity contribution in [1.29, 1.82) is 0 Å². The highest BCUT2D eigenvalue weighted by Crippen LogP contribution is 2.37. The van der Waals surface area contributed by atoms with Gasteiger partial charge in [-0.1, -0.05) is 13.8 Å². The van der Waals surface area contributed by atoms with Crippen LogP contribution in [0.15, 0.2) is 11.5 Å². The first-order valence-corrected chi connectivity index (χ1v) is 3.88. The van der Waals surface area contributed by atoms with E-state index in [0.29, 0.717) is 12.6 Å². The van der Waals surface area contributed by atoms with Crippen molar-refractivity contribution in [3.8, 4) is 0 Å². The molecule has 2 heteroatoms. The van der Waals surface area contributed by atoms with Crippen molar-refractivity contribution >= 4 is 0 Å². The van der Waals surface area contributed by atoms with Crippen molar-refractivity contribution in [3.05, 3.63) is 11.5 Å². The van der Waals surface area contributed by atoms with Gasteiger partial charge in [-0.3, -0.25) is 0 Å². The topological polar surface area (TPSA) is 21.3 Å². The van der Waals surface area contributed by atoms with Gasteiger partial charge >= 0.3 is 0 Å². The molecule has 0 radical (unpaired) electrons. The van der Waals surface area contributed by atoms with Crippen LogP contribution in [-0.4, -0.2) is 6.73 Å². The van der Waals surface area contributed by atoms with Crippen molar-refractivity contribution in [2.24, 2.45) is 11.8 Å². The maximum Gasteiger partial charge on any atom is 0.158 e. The van der Waals surface area contributed by atoms with Crippen LogP contribution in [0.4, 0.5) is 0 Å². The summed E-state index contributed by atoms with van der Waals surface area (Å²) >= 11 is 0. The number of ether oxygens (including phenoxy) is 1. The lowest BCUT2D eigenvalue weighted by molar-refractivity contribution is 0.185. The quantitative estimate of drug-likeness (QED) is 0.548. The Morgan fingerprint density at radius 2 is 2.30 bits per heavy atom. The molecule has 1 N–H and O–H groups in total. The first kappa shape index (κ1) is 6.08. The minimum absolute atomic E-state index is 0.630. The first-order valence-electron chi connectivity index (χ1n) is 3.88. The molecule has 2 rings (SSSR count). The summed E-state index contributed by atoms with van der Waals surface area (Å²) in [5.74, 6) is 2.61. The normalized spacial score (nSPS) is 37.4. The highest BCUT2D eigenvalue weighted by atomic mass is 16.5. The highest BCUT2D eigenvalue weighted by Gasteiger charge is 2.32. The van der Waals surface area contributed by atoms with Gasteiger partial charge in [0.2, 0.25) is 0 Å². The van der Waals surface area contributed by atoms with Gasteiger partial charge in [-0.25, -0.2) is 0 Å². The van der Waals surface area contributed by atoms with Gasteiger partial charge in [-0.05, 0) is 12.3 Å². The molecule has 1 aliphatic carbocycles. The second kappa shape index (κ2) is 1.91. The molecule has 10 heavy (non-hydrogen) atoms. The summed E-state index contributed by atoms with van der Waals surface area (Å²) in [5.41, 5.74) is 1.35. The summed E-state index contributed by atoms with van der Waals surface area (Å²) in [7, 11) is 0. The van der Waals surface area contributed by atoms with Gasteiger partial charge in [0.15, 0.2) is 6.73 Å². The fraction of sp³-hybridized carbons (Fsp3) is 0.750. The molecule has 2 unspecified atom stereocenters. The van der Waals surface area contributed by atoms with Crippen LogP contribution in [0.1, 0.15) is 20.3 Å². The van der Waals surface area contributed by atoms with Crippen LogP contribution in [0.2, 0.25) is 0 Å². The summed E-state index contributed by atoms with van der Waals surface area (Å²) in [6, 6.07) is 0. The van der Waals surface area contributed by atoms with Crippen LogP contribution >= 0.6 is 0 Å². The smallest absolute Gasteiger partial charge is 0.158 e. The highest BCUT2D eigenvalue weighted by molar-refractivity contribution is 5.19. The molecule has 56 valence electrons. The number of hydrogen-bond donors (Lipinski definition) is 1. The van der Waals surface area contributed by atoms with Crippen LogP contribution < -0.4 is 5.32 Å². The summed E-state index contributed by atoms with van der Waals surface area (Å²) in [5, 5.41) is 3.24. The molecule has 0 amide bonds. The Morgan fingerprint density at radius 1 is 1.50 bits per heavy atom. The van der Waals surface area contributed by atoms with E-state index < -0.39 is 0 Å². The van der Waals surface area contributed by atoms with E-state index in [9.17, 15) is 0 Å². The van der Waals surface area contributed by atoms with Gasteiger partial charge in [-0.2, -0.15) is 0 Å². The van der Waals surface area contributed by atoms with Crippen molar-refractivity contribution < 1.29 is 4.74 Å². The zero-order valence-corrected chi connectivity index (χ0v) is 6.48. The van der Waals surface area contributed by atoms with E-state index in [1.807, 2.05) is 0 Å². The molecule has 0 aromatic carbocycles. The maximum atomic E-state index is 5.43. The molecule has 0 saturated carbocycles. The third-order valence-corrected chi connectivity index (χ3v) is 2.60. The van der Waals surface area contributed by atoms with Gasteiger partial charge in [0, 0.05) is 5.92 Å². The van der Waals surface area contributed by atoms with Gasteiger partial charge < -0.3 is 10.1 Å². The number of allylic oxidation sites excluding steroid dienone is 2. The van der Waals surface area contributed by atoms with Gasteiger partial charge in [-0.15, -0.1) is 0 Å². The number of nitrogens with one attached hydrogen (secondary N) is 1. The number of hydrogen-bond acceptors (Lipinski definition) is 2. The van der Waals surface area contributed by atoms with E-state index in [2.05, 4.69) is 19.2 Å². The molecular formula is C8H13NO. The van der Waals surface area contributed by atoms with Crippen molar-refractivity contribution in [1.82, 2.24) is 5.32 Å². The SMILES string of the molecule is CC1CC2=C(OCN2)C1C. The fourth-order valence-corrected chi connectivity index (χ4v) is 1.71. The fourth-order valence-electron chi connectivity index (χ4n) is 1.71. The minimum atomic E-state index is 0.630. The lowest BCUT2D eigenvalue weighted by atomic mass is 9.99. The average molecular weight is 139 g/mol. The van der Waals surface area contributed by atoms with E-state index in [1.165, 1.54) is 17.9 Å². The maximum absolute atomic E-state index is 5.43. The Morgan fingerprint density at radius 3 is 3.00 bits per heavy atom. The zero-order chi connectivity index (χ0) is 7.14. The Hall–Kier alpha value is -0.660. The standard InChI is InChI=1S/C8H13NO/c1-5-3-7-8(6(5)2)10-4-9-7/h5-6,9H,3-4H2,1-2H3. The molecule has 0 saturated heterocycles. The van der Waals surface area contributed by atoms with Gasteiger partial charge in [0.25, 0.3) is 0 Å². The van der Waals surface area contributed by atoms with E-state index in [0.717, 1.165) is 5.92 Å². The van der Waals surface area contributed by atoms with E-state index in [1.54, 1.807) is 0 Å². The average Bonchev–Trinajstić information content (AvgIpc) is 2.41. The molecule has 2 aliphatic rings. The van der Waals surface area contributed by atoms with Gasteiger partial charge in [0.05, 0.1) is 5.70 Å². The van der Waals surface area contributed by atoms with E-state index in [-0.39, 0.29) is 0 Å². The molecular weight excluding hydrogens is 126 g/mol. The Labute approximate surface area is 61.3 Å². The summed E-state index contributed by atoms with van der Waals surface area (Å²) < 4.78 is 5.43. The third kappa shape index (κ3) is 0.648. The summed E-state index contributed by atoms with van der Waals surface area (Å²) in [4.78, 5) is 0. The van der Waals surface area contributed by atoms with Crippen LogP contribution in [0.5, 0.6) is 0 Å². The molecule has 2 atom stereocenters. The Bertz CT molecular complexity index is 186. The minimum Gasteiger partial charge on any atom is -0.476 e. The predicted octanol–water partition coefficient (Wildman–Crippen LogP) is 1.45. The molecule has 0 aromatic rings. The molecule has 2 nitrogen and oxygen atoms in total. The molecule has 1 heterocycles. The second-order valence-electron chi connectivity index (χ2n) is 3.28. The summed E-state index contributed by atoms with van der Waals surface area (Å²) in [6.45, 7) is 5.20. The number of rotatable bonds is 0. The molecule has 1 aliphatic heterocycles. The Balaban J connectivity index is 2.22. The van der Waals surface area contributed by atoms with Crippen molar-refractivity contribution in [2.75, 3.05) is 6.73 Å². The largest absolute Gasteiger partial charge is 0.476 e. The molecule has 0 spiro atoms. The van der Waals surface area contributed by atoms with Crippen LogP contribution in [-0.2, 0) is 4.74 Å². The second-order valence-corrected chi connectivity index (χ2v) is 3.28. The third-order valence-electron chi connectivity index (χ3n) is 2.60. The van der Waals surface area contributed by atoms with Crippen molar-refractivity contribution in [3.63, 3.8) is 0 Å². The predicted molar refractivity (Wildman–Crippen MR) is 39.1 cm³/mol. The lowest BCUT2D eigenvalue weighted by Crippen LogP contribution is -2.12. The summed E-state index contributed by atoms with van der Waals surface area (Å²) in [6.07, 6.45) is 1.18. The van der Waals surface area contributed by atoms with Crippen LogP contribution in [0.3, 0.4) is 0 Å². The monoisotopic (exact) mass is 139 g/mol. The zero-order valence-electron chi connectivity index (χ0n) is 6.48. The van der Waals surface area contributed by atoms with Crippen LogP contribution in [0.25, 0.3) is 0 Å². The van der Waals surface area contributed by atoms with E-state index in [4.69, 9.17) is 4.74 Å². The molecule has 0 aromatic heterocycles. The molecule has 0 fully saturated rings. The van der Waals surface area contributed by atoms with Crippen molar-refractivity contribution in [2.45, 2.75) is 20.3 Å². The van der Waals surface area contributed by atoms with E-state index >= 15 is 0 Å². The van der Waals surface area contributed by atoms with Crippen LogP contribution in [0, 0.1) is 11.8 Å². The van der Waals surface area contributed by atoms with Gasteiger partial charge in [0.1, 0.15) is 5.76 Å². The molecule has 0 bridgehead atoms.